The summed E-state index contributed by atoms with van der Waals surface area (Å²) >= 11 is 1.36. The third-order valence-corrected chi connectivity index (χ3v) is 4.91. The van der Waals surface area contributed by atoms with Crippen LogP contribution in [0.15, 0.2) is 58.3 Å². The molecule has 23 heavy (non-hydrogen) atoms. The van der Waals surface area contributed by atoms with Crippen LogP contribution in [0, 0.1) is 0 Å². The number of nitrogens with two attached hydrogens (primary N) is 1. The topological polar surface area (TPSA) is 106 Å². The van der Waals surface area contributed by atoms with Crippen LogP contribution in [0.1, 0.15) is 20.7 Å². The maximum Gasteiger partial charge on any atom is 0.258 e. The Morgan fingerprint density at radius 2 is 1.39 bits per heavy atom. The lowest BCUT2D eigenvalue weighted by Crippen LogP contribution is -2.19. The van der Waals surface area contributed by atoms with Crippen molar-refractivity contribution in [2.45, 2.75) is 9.79 Å². The maximum absolute atomic E-state index is 11.0. The minimum absolute atomic E-state index is 0.192. The van der Waals surface area contributed by atoms with Crippen LogP contribution in [0.2, 0.25) is 0 Å². The minimum Gasteiger partial charge on any atom is -0.288 e. The molecule has 3 rings (SSSR count). The molecule has 0 saturated heterocycles. The Bertz CT molecular complexity index is 830. The van der Waals surface area contributed by atoms with Crippen molar-refractivity contribution < 1.29 is 18.0 Å². The zero-order valence-corrected chi connectivity index (χ0v) is 13.8. The summed E-state index contributed by atoms with van der Waals surface area (Å²) in [4.78, 5) is 22.8. The van der Waals surface area contributed by atoms with E-state index in [2.05, 4.69) is 5.32 Å². The van der Waals surface area contributed by atoms with Crippen molar-refractivity contribution in [3.63, 3.8) is 0 Å². The molecule has 2 aromatic carbocycles. The first kappa shape index (κ1) is 17.2. The Balaban J connectivity index is 0.000000167. The second-order valence-electron chi connectivity index (χ2n) is 4.52. The molecule has 0 saturated carbocycles. The van der Waals surface area contributed by atoms with Crippen molar-refractivity contribution in [3.05, 3.63) is 59.7 Å². The predicted molar refractivity (Wildman–Crippen MR) is 87.8 cm³/mol. The summed E-state index contributed by atoms with van der Waals surface area (Å²) in [7, 11) is -3.57. The molecule has 3 N–H and O–H groups in total. The lowest BCUT2D eigenvalue weighted by atomic mass is 10.1. The molecular formula is C15H14N2O4S2. The number of carbonyl (C=O) groups is 2. The number of carbonyl (C=O) groups excluding carboxylic acids is 2. The van der Waals surface area contributed by atoms with Crippen LogP contribution in [0.5, 0.6) is 0 Å². The van der Waals surface area contributed by atoms with Gasteiger partial charge in [0.2, 0.25) is 10.0 Å². The van der Waals surface area contributed by atoms with E-state index in [1.54, 1.807) is 42.5 Å². The van der Waals surface area contributed by atoms with E-state index in [1.807, 2.05) is 6.26 Å². The van der Waals surface area contributed by atoms with Crippen LogP contribution < -0.4 is 10.5 Å². The Kier molecular flexibility index (Phi) is 5.19. The zero-order valence-electron chi connectivity index (χ0n) is 12.1. The number of rotatable bonds is 2. The molecule has 2 aromatic rings. The average molecular weight is 350 g/mol. The van der Waals surface area contributed by atoms with E-state index in [0.29, 0.717) is 16.0 Å². The fraction of sp³-hybridized carbons (Fsp3) is 0.0667. The predicted octanol–water partition coefficient (Wildman–Crippen LogP) is 1.63. The molecule has 1 aliphatic heterocycles. The molecule has 0 aromatic heterocycles. The Morgan fingerprint density at radius 1 is 0.913 bits per heavy atom. The number of nitrogens with one attached hydrogen (secondary N) is 1. The molecule has 120 valence electrons. The summed E-state index contributed by atoms with van der Waals surface area (Å²) < 4.78 is 22.0. The normalized spacial score (nSPS) is 13.0. The third kappa shape index (κ3) is 3.98. The van der Waals surface area contributed by atoms with Gasteiger partial charge in [0.25, 0.3) is 11.8 Å². The molecule has 0 aliphatic carbocycles. The summed E-state index contributed by atoms with van der Waals surface area (Å²) in [6.45, 7) is 0. The highest BCUT2D eigenvalue weighted by Gasteiger charge is 2.25. The van der Waals surface area contributed by atoms with Crippen molar-refractivity contribution in [1.29, 1.82) is 0 Å². The van der Waals surface area contributed by atoms with Crippen molar-refractivity contribution >= 4 is 33.6 Å². The first-order valence-corrected chi connectivity index (χ1v) is 9.22. The summed E-state index contributed by atoms with van der Waals surface area (Å²) in [6.07, 6.45) is 1.81. The van der Waals surface area contributed by atoms with Gasteiger partial charge in [-0.15, -0.1) is 11.8 Å². The van der Waals surface area contributed by atoms with Crippen LogP contribution in [-0.2, 0) is 10.0 Å². The summed E-state index contributed by atoms with van der Waals surface area (Å²) in [5.74, 6) is -0.601. The van der Waals surface area contributed by atoms with Gasteiger partial charge in [-0.25, -0.2) is 13.6 Å². The van der Waals surface area contributed by atoms with Crippen molar-refractivity contribution in [2.75, 3.05) is 6.26 Å². The lowest BCUT2D eigenvalue weighted by Gasteiger charge is -2.02. The fourth-order valence-corrected chi connectivity index (χ4v) is 3.67. The summed E-state index contributed by atoms with van der Waals surface area (Å²) in [6, 6.07) is 13.4. The van der Waals surface area contributed by atoms with Crippen molar-refractivity contribution in [1.82, 2.24) is 5.32 Å². The zero-order chi connectivity index (χ0) is 17.0. The quantitative estimate of drug-likeness (QED) is 0.632. The molecular weight excluding hydrogens is 336 g/mol. The van der Waals surface area contributed by atoms with Gasteiger partial charge in [-0.1, -0.05) is 24.3 Å². The largest absolute Gasteiger partial charge is 0.288 e. The van der Waals surface area contributed by atoms with Crippen molar-refractivity contribution in [2.24, 2.45) is 5.14 Å². The number of amides is 2. The van der Waals surface area contributed by atoms with E-state index in [1.165, 1.54) is 17.8 Å². The number of sulfonamides is 1. The lowest BCUT2D eigenvalue weighted by molar-refractivity contribution is 0.0879. The van der Waals surface area contributed by atoms with Crippen LogP contribution in [-0.4, -0.2) is 26.5 Å². The standard InChI is InChI=1S/C8H5NO2.C7H9NO2S2/c10-7-5-3-1-2-4-6(5)8(11)9-7;1-11-6-4-2-3-5-7(6)12(8,9)10/h1-4H,(H,9,10,11);2-5H,1H3,(H2,8,9,10). The number of fused-ring (bicyclic) bond motifs is 1. The second-order valence-corrected chi connectivity index (χ2v) is 6.90. The van der Waals surface area contributed by atoms with E-state index in [0.717, 1.165) is 0 Å². The number of imide groups is 1. The highest BCUT2D eigenvalue weighted by Crippen LogP contribution is 2.22. The number of hydrogen-bond donors (Lipinski definition) is 2. The van der Waals surface area contributed by atoms with Crippen LogP contribution >= 0.6 is 11.8 Å². The minimum atomic E-state index is -3.57. The highest BCUT2D eigenvalue weighted by atomic mass is 32.2. The molecule has 6 nitrogen and oxygen atoms in total. The third-order valence-electron chi connectivity index (χ3n) is 3.02. The molecule has 0 fully saturated rings. The summed E-state index contributed by atoms with van der Waals surface area (Å²) in [5.41, 5.74) is 0.940. The Labute approximate surface area is 138 Å². The van der Waals surface area contributed by atoms with Gasteiger partial charge in [-0.05, 0) is 30.5 Å². The van der Waals surface area contributed by atoms with E-state index < -0.39 is 10.0 Å². The van der Waals surface area contributed by atoms with Gasteiger partial charge in [-0.3, -0.25) is 14.9 Å². The van der Waals surface area contributed by atoms with Crippen LogP contribution in [0.4, 0.5) is 0 Å². The smallest absolute Gasteiger partial charge is 0.258 e. The average Bonchev–Trinajstić information content (AvgIpc) is 2.82. The van der Waals surface area contributed by atoms with Gasteiger partial charge in [0, 0.05) is 4.90 Å². The first-order chi connectivity index (χ1) is 10.8. The first-order valence-electron chi connectivity index (χ1n) is 6.45. The molecule has 0 atom stereocenters. The maximum atomic E-state index is 11.0. The molecule has 0 spiro atoms. The molecule has 0 bridgehead atoms. The van der Waals surface area contributed by atoms with E-state index in [4.69, 9.17) is 5.14 Å². The van der Waals surface area contributed by atoms with Crippen LogP contribution in [0.3, 0.4) is 0 Å². The second kappa shape index (κ2) is 6.95. The van der Waals surface area contributed by atoms with Crippen molar-refractivity contribution in [3.8, 4) is 0 Å². The van der Waals surface area contributed by atoms with Gasteiger partial charge < -0.3 is 0 Å². The van der Waals surface area contributed by atoms with E-state index >= 15 is 0 Å². The molecule has 8 heteroatoms. The number of thioether (sulfide) groups is 1. The van der Waals surface area contributed by atoms with Gasteiger partial charge in [0.15, 0.2) is 0 Å². The monoisotopic (exact) mass is 350 g/mol. The molecule has 1 aliphatic rings. The fourth-order valence-electron chi connectivity index (χ4n) is 1.97. The van der Waals surface area contributed by atoms with Gasteiger partial charge >= 0.3 is 0 Å². The SMILES string of the molecule is CSc1ccccc1S(N)(=O)=O.O=C1NC(=O)c2ccccc21. The number of primary sulfonamides is 1. The van der Waals surface area contributed by atoms with Gasteiger partial charge in [0.1, 0.15) is 0 Å². The summed E-state index contributed by atoms with van der Waals surface area (Å²) in [5, 5.41) is 7.20. The van der Waals surface area contributed by atoms with Gasteiger partial charge in [-0.2, -0.15) is 0 Å². The number of hydrogen-bond acceptors (Lipinski definition) is 5. The Morgan fingerprint density at radius 3 is 1.83 bits per heavy atom. The molecule has 0 unspecified atom stereocenters. The molecule has 2 amide bonds. The Hall–Kier alpha value is -2.16. The van der Waals surface area contributed by atoms with Crippen LogP contribution in [0.25, 0.3) is 0 Å². The van der Waals surface area contributed by atoms with E-state index in [-0.39, 0.29) is 16.7 Å². The molecule has 1 heterocycles. The highest BCUT2D eigenvalue weighted by molar-refractivity contribution is 7.99. The van der Waals surface area contributed by atoms with E-state index in [9.17, 15) is 18.0 Å². The van der Waals surface area contributed by atoms with Gasteiger partial charge in [0.05, 0.1) is 16.0 Å². The molecule has 0 radical (unpaired) electrons. The number of benzene rings is 2.